The fourth-order valence-electron chi connectivity index (χ4n) is 3.72. The van der Waals surface area contributed by atoms with Gasteiger partial charge >= 0.3 is 0 Å². The Morgan fingerprint density at radius 1 is 1.04 bits per heavy atom. The lowest BCUT2D eigenvalue weighted by atomic mass is 10.0. The highest BCUT2D eigenvalue weighted by Crippen LogP contribution is 2.30. The van der Waals surface area contributed by atoms with Crippen molar-refractivity contribution in [3.8, 4) is 0 Å². The number of para-hydroxylation sites is 1. The van der Waals surface area contributed by atoms with E-state index in [1.165, 1.54) is 4.88 Å². The van der Waals surface area contributed by atoms with Crippen molar-refractivity contribution >= 4 is 28.8 Å². The van der Waals surface area contributed by atoms with E-state index < -0.39 is 0 Å². The predicted octanol–water partition coefficient (Wildman–Crippen LogP) is 3.22. The number of hydrogen-bond donors (Lipinski definition) is 2. The molecule has 1 aromatic carbocycles. The maximum Gasteiger partial charge on any atom is 0.253 e. The van der Waals surface area contributed by atoms with Gasteiger partial charge in [-0.3, -0.25) is 9.59 Å². The van der Waals surface area contributed by atoms with Gasteiger partial charge in [0.25, 0.3) is 5.91 Å². The molecule has 2 aromatic rings. The highest BCUT2D eigenvalue weighted by atomic mass is 32.1. The molecule has 1 aromatic heterocycles. The zero-order valence-corrected chi connectivity index (χ0v) is 16.8. The molecule has 2 aliphatic rings. The topological polar surface area (TPSA) is 61.4 Å². The molecule has 2 N–H and O–H groups in total. The summed E-state index contributed by atoms with van der Waals surface area (Å²) in [7, 11) is 0. The van der Waals surface area contributed by atoms with E-state index in [1.54, 1.807) is 11.3 Å². The predicted molar refractivity (Wildman–Crippen MR) is 113 cm³/mol. The zero-order chi connectivity index (χ0) is 19.3. The number of carbonyl (C=O) groups excluding carboxylic acids is 2. The van der Waals surface area contributed by atoms with Crippen LogP contribution in [0.4, 0.5) is 5.69 Å². The van der Waals surface area contributed by atoms with Gasteiger partial charge in [0.1, 0.15) is 0 Å². The van der Waals surface area contributed by atoms with Crippen LogP contribution in [0.3, 0.4) is 0 Å². The number of benzene rings is 1. The fourth-order valence-corrected chi connectivity index (χ4v) is 4.43. The van der Waals surface area contributed by atoms with Crippen molar-refractivity contribution in [2.24, 2.45) is 5.92 Å². The van der Waals surface area contributed by atoms with Crippen LogP contribution < -0.4 is 15.5 Å². The minimum Gasteiger partial charge on any atom is -0.371 e. The molecule has 0 bridgehead atoms. The largest absolute Gasteiger partial charge is 0.371 e. The van der Waals surface area contributed by atoms with E-state index in [0.29, 0.717) is 6.54 Å². The van der Waals surface area contributed by atoms with Gasteiger partial charge in [0.15, 0.2) is 0 Å². The van der Waals surface area contributed by atoms with Gasteiger partial charge in [-0.15, -0.1) is 11.3 Å². The van der Waals surface area contributed by atoms with Crippen LogP contribution in [0, 0.1) is 5.92 Å². The lowest BCUT2D eigenvalue weighted by molar-refractivity contribution is -0.123. The SMILES string of the molecule is O=C(NCCc1cccs1)c1ccccc1N1CCC(NC(=O)C2CC2)CC1. The van der Waals surface area contributed by atoms with Gasteiger partial charge in [-0.25, -0.2) is 0 Å². The van der Waals surface area contributed by atoms with Crippen LogP contribution in [-0.4, -0.2) is 37.5 Å². The molecule has 4 rings (SSSR count). The first kappa shape index (κ1) is 19.0. The number of hydrogen-bond acceptors (Lipinski definition) is 4. The number of carbonyl (C=O) groups is 2. The zero-order valence-electron chi connectivity index (χ0n) is 16.0. The second-order valence-corrected chi connectivity index (χ2v) is 8.68. The molecule has 1 aliphatic carbocycles. The van der Waals surface area contributed by atoms with Gasteiger partial charge in [-0.2, -0.15) is 0 Å². The van der Waals surface area contributed by atoms with Crippen molar-refractivity contribution in [3.05, 3.63) is 52.2 Å². The fraction of sp³-hybridized carbons (Fsp3) is 0.455. The van der Waals surface area contributed by atoms with E-state index in [-0.39, 0.29) is 23.8 Å². The van der Waals surface area contributed by atoms with Gasteiger partial charge < -0.3 is 15.5 Å². The molecule has 0 atom stereocenters. The molecule has 5 nitrogen and oxygen atoms in total. The summed E-state index contributed by atoms with van der Waals surface area (Å²) in [4.78, 5) is 28.3. The summed E-state index contributed by atoms with van der Waals surface area (Å²) in [6.45, 7) is 2.35. The molecule has 2 amide bonds. The van der Waals surface area contributed by atoms with E-state index in [2.05, 4.69) is 27.0 Å². The molecule has 2 fully saturated rings. The lowest BCUT2D eigenvalue weighted by Gasteiger charge is -2.35. The Labute approximate surface area is 170 Å². The maximum absolute atomic E-state index is 12.7. The molecular formula is C22H27N3O2S. The second kappa shape index (κ2) is 8.78. The molecule has 148 valence electrons. The van der Waals surface area contributed by atoms with Crippen LogP contribution in [0.2, 0.25) is 0 Å². The van der Waals surface area contributed by atoms with Crippen molar-refractivity contribution in [1.82, 2.24) is 10.6 Å². The summed E-state index contributed by atoms with van der Waals surface area (Å²) in [6, 6.07) is 12.2. The molecule has 6 heteroatoms. The summed E-state index contributed by atoms with van der Waals surface area (Å²) >= 11 is 1.72. The smallest absolute Gasteiger partial charge is 0.253 e. The number of nitrogens with zero attached hydrogens (tertiary/aromatic N) is 1. The van der Waals surface area contributed by atoms with Gasteiger partial charge in [0, 0.05) is 42.2 Å². The van der Waals surface area contributed by atoms with Crippen LogP contribution in [0.15, 0.2) is 41.8 Å². The summed E-state index contributed by atoms with van der Waals surface area (Å²) in [5.74, 6) is 0.469. The molecule has 1 saturated carbocycles. The third-order valence-corrected chi connectivity index (χ3v) is 6.45. The number of piperidine rings is 1. The van der Waals surface area contributed by atoms with Crippen LogP contribution in [0.1, 0.15) is 40.9 Å². The van der Waals surface area contributed by atoms with Crippen molar-refractivity contribution in [2.75, 3.05) is 24.5 Å². The van der Waals surface area contributed by atoms with E-state index in [0.717, 1.165) is 56.4 Å². The molecule has 0 radical (unpaired) electrons. The van der Waals surface area contributed by atoms with E-state index in [1.807, 2.05) is 30.3 Å². The normalized spacial score (nSPS) is 17.4. The number of thiophene rings is 1. The third-order valence-electron chi connectivity index (χ3n) is 5.52. The van der Waals surface area contributed by atoms with Crippen molar-refractivity contribution in [2.45, 2.75) is 38.1 Å². The van der Waals surface area contributed by atoms with Crippen LogP contribution >= 0.6 is 11.3 Å². The van der Waals surface area contributed by atoms with Crippen LogP contribution in [0.25, 0.3) is 0 Å². The Bertz CT molecular complexity index is 809. The van der Waals surface area contributed by atoms with Gasteiger partial charge in [-0.1, -0.05) is 18.2 Å². The summed E-state index contributed by atoms with van der Waals surface area (Å²) in [5.41, 5.74) is 1.72. The quantitative estimate of drug-likeness (QED) is 0.754. The van der Waals surface area contributed by atoms with E-state index in [9.17, 15) is 9.59 Å². The molecule has 28 heavy (non-hydrogen) atoms. The average molecular weight is 398 g/mol. The number of amides is 2. The average Bonchev–Trinajstić information content (AvgIpc) is 3.45. The Balaban J connectivity index is 1.32. The minimum absolute atomic E-state index is 0.0173. The van der Waals surface area contributed by atoms with E-state index >= 15 is 0 Å². The molecule has 1 saturated heterocycles. The summed E-state index contributed by atoms with van der Waals surface area (Å²) < 4.78 is 0. The number of rotatable bonds is 7. The second-order valence-electron chi connectivity index (χ2n) is 7.65. The maximum atomic E-state index is 12.7. The number of nitrogens with one attached hydrogen (secondary N) is 2. The Hall–Kier alpha value is -2.34. The molecule has 1 aliphatic heterocycles. The lowest BCUT2D eigenvalue weighted by Crippen LogP contribution is -2.45. The van der Waals surface area contributed by atoms with Crippen molar-refractivity contribution in [3.63, 3.8) is 0 Å². The molecule has 0 spiro atoms. The molecule has 0 unspecified atom stereocenters. The monoisotopic (exact) mass is 397 g/mol. The van der Waals surface area contributed by atoms with Crippen molar-refractivity contribution < 1.29 is 9.59 Å². The van der Waals surface area contributed by atoms with E-state index in [4.69, 9.17) is 0 Å². The summed E-state index contributed by atoms with van der Waals surface area (Å²) in [5, 5.41) is 8.30. The Morgan fingerprint density at radius 2 is 1.82 bits per heavy atom. The molecule has 2 heterocycles. The first-order valence-corrected chi connectivity index (χ1v) is 11.0. The highest BCUT2D eigenvalue weighted by molar-refractivity contribution is 7.09. The van der Waals surface area contributed by atoms with Gasteiger partial charge in [0.2, 0.25) is 5.91 Å². The highest BCUT2D eigenvalue weighted by Gasteiger charge is 2.32. The first-order chi connectivity index (χ1) is 13.7. The minimum atomic E-state index is -0.0173. The third kappa shape index (κ3) is 4.73. The standard InChI is InChI=1S/C22H27N3O2S/c26-21(16-7-8-16)24-17-10-13-25(14-11-17)20-6-2-1-5-19(20)22(27)23-12-9-18-4-3-15-28-18/h1-6,15-17H,7-14H2,(H,23,27)(H,24,26). The van der Waals surface area contributed by atoms with Gasteiger partial charge in [0.05, 0.1) is 5.56 Å². The van der Waals surface area contributed by atoms with Gasteiger partial charge in [-0.05, 0) is 55.7 Å². The van der Waals surface area contributed by atoms with Crippen LogP contribution in [-0.2, 0) is 11.2 Å². The molecular weight excluding hydrogens is 370 g/mol. The Kier molecular flexibility index (Phi) is 5.95. The first-order valence-electron chi connectivity index (χ1n) is 10.2. The van der Waals surface area contributed by atoms with Crippen molar-refractivity contribution in [1.29, 1.82) is 0 Å². The summed E-state index contributed by atoms with van der Waals surface area (Å²) in [6.07, 6.45) is 4.79. The number of anilines is 1. The Morgan fingerprint density at radius 3 is 2.54 bits per heavy atom. The van der Waals surface area contributed by atoms with Crippen LogP contribution in [0.5, 0.6) is 0 Å².